The highest BCUT2D eigenvalue weighted by Gasteiger charge is 2.29. The number of piperidine rings is 1. The van der Waals surface area contributed by atoms with E-state index in [-0.39, 0.29) is 5.91 Å². The van der Waals surface area contributed by atoms with Crippen LogP contribution in [-0.4, -0.2) is 99.9 Å². The molecule has 1 unspecified atom stereocenters. The highest BCUT2D eigenvalue weighted by molar-refractivity contribution is 5.76. The Morgan fingerprint density at radius 3 is 2.42 bits per heavy atom. The number of amides is 1. The average Bonchev–Trinajstić information content (AvgIpc) is 3.12. The second-order valence-corrected chi connectivity index (χ2v) is 7.74. The SMILES string of the molecule is CCN1CCCC1CN(CC1CCN(CCOC)CC1)C(=O)CCOC. The number of rotatable bonds is 11. The maximum Gasteiger partial charge on any atom is 0.224 e. The van der Waals surface area contributed by atoms with Crippen LogP contribution >= 0.6 is 0 Å². The average molecular weight is 370 g/mol. The number of hydrogen-bond acceptors (Lipinski definition) is 5. The van der Waals surface area contributed by atoms with Crippen molar-refractivity contribution in [3.63, 3.8) is 0 Å². The molecule has 6 heteroatoms. The van der Waals surface area contributed by atoms with Gasteiger partial charge in [-0.2, -0.15) is 0 Å². The van der Waals surface area contributed by atoms with Gasteiger partial charge in [0, 0.05) is 39.9 Å². The fraction of sp³-hybridized carbons (Fsp3) is 0.950. The minimum absolute atomic E-state index is 0.261. The maximum atomic E-state index is 12.8. The summed E-state index contributed by atoms with van der Waals surface area (Å²) >= 11 is 0. The highest BCUT2D eigenvalue weighted by Crippen LogP contribution is 2.22. The molecule has 2 saturated heterocycles. The Morgan fingerprint density at radius 1 is 1.04 bits per heavy atom. The number of methoxy groups -OCH3 is 2. The molecule has 0 aromatic rings. The van der Waals surface area contributed by atoms with E-state index >= 15 is 0 Å². The third-order valence-electron chi connectivity index (χ3n) is 6.01. The monoisotopic (exact) mass is 369 g/mol. The van der Waals surface area contributed by atoms with Crippen LogP contribution in [0.15, 0.2) is 0 Å². The Balaban J connectivity index is 1.86. The zero-order valence-corrected chi connectivity index (χ0v) is 17.1. The van der Waals surface area contributed by atoms with Gasteiger partial charge in [0.15, 0.2) is 0 Å². The Morgan fingerprint density at radius 2 is 1.77 bits per heavy atom. The molecule has 0 spiro atoms. The first-order chi connectivity index (χ1) is 12.7. The van der Waals surface area contributed by atoms with Crippen LogP contribution in [0, 0.1) is 5.92 Å². The molecule has 2 fully saturated rings. The highest BCUT2D eigenvalue weighted by atomic mass is 16.5. The Labute approximate surface area is 159 Å². The fourth-order valence-corrected chi connectivity index (χ4v) is 4.32. The molecule has 1 atom stereocenters. The summed E-state index contributed by atoms with van der Waals surface area (Å²) in [4.78, 5) is 19.9. The van der Waals surface area contributed by atoms with Gasteiger partial charge in [-0.25, -0.2) is 0 Å². The number of nitrogens with zero attached hydrogens (tertiary/aromatic N) is 3. The second-order valence-electron chi connectivity index (χ2n) is 7.74. The summed E-state index contributed by atoms with van der Waals surface area (Å²) in [5.74, 6) is 0.883. The first-order valence-electron chi connectivity index (χ1n) is 10.4. The lowest BCUT2D eigenvalue weighted by atomic mass is 9.95. The van der Waals surface area contributed by atoms with E-state index in [9.17, 15) is 4.79 Å². The van der Waals surface area contributed by atoms with Gasteiger partial charge in [-0.3, -0.25) is 9.69 Å². The van der Waals surface area contributed by atoms with Crippen molar-refractivity contribution in [2.75, 3.05) is 73.2 Å². The summed E-state index contributed by atoms with van der Waals surface area (Å²) in [5, 5.41) is 0. The van der Waals surface area contributed by atoms with E-state index in [0.29, 0.717) is 25.0 Å². The van der Waals surface area contributed by atoms with Gasteiger partial charge < -0.3 is 19.3 Å². The summed E-state index contributed by atoms with van der Waals surface area (Å²) in [5.41, 5.74) is 0. The van der Waals surface area contributed by atoms with Crippen LogP contribution in [-0.2, 0) is 14.3 Å². The Bertz CT molecular complexity index is 400. The number of carbonyl (C=O) groups is 1. The van der Waals surface area contributed by atoms with Crippen molar-refractivity contribution < 1.29 is 14.3 Å². The predicted octanol–water partition coefficient (Wildman–Crippen LogP) is 1.69. The van der Waals surface area contributed by atoms with Crippen molar-refractivity contribution in [1.29, 1.82) is 0 Å². The molecule has 0 aromatic carbocycles. The van der Waals surface area contributed by atoms with E-state index < -0.39 is 0 Å². The molecule has 0 saturated carbocycles. The standard InChI is InChI=1S/C20H39N3O3/c1-4-22-10-5-6-19(22)17-23(20(24)9-14-25-2)16-18-7-11-21(12-8-18)13-15-26-3/h18-19H,4-17H2,1-3H3. The Kier molecular flexibility index (Phi) is 9.89. The van der Waals surface area contributed by atoms with E-state index in [1.54, 1.807) is 14.2 Å². The molecule has 2 aliphatic heterocycles. The van der Waals surface area contributed by atoms with Crippen LogP contribution in [0.2, 0.25) is 0 Å². The third kappa shape index (κ3) is 6.80. The molecule has 2 aliphatic rings. The molecule has 0 aromatic heterocycles. The third-order valence-corrected chi connectivity index (χ3v) is 6.01. The van der Waals surface area contributed by atoms with E-state index in [2.05, 4.69) is 21.6 Å². The maximum absolute atomic E-state index is 12.8. The van der Waals surface area contributed by atoms with Gasteiger partial charge in [-0.15, -0.1) is 0 Å². The first-order valence-corrected chi connectivity index (χ1v) is 10.4. The molecule has 1 amide bonds. The van der Waals surface area contributed by atoms with E-state index in [1.807, 2.05) is 0 Å². The molecule has 2 heterocycles. The van der Waals surface area contributed by atoms with Crippen LogP contribution in [0.5, 0.6) is 0 Å². The van der Waals surface area contributed by atoms with Crippen LogP contribution in [0.1, 0.15) is 39.0 Å². The fourth-order valence-electron chi connectivity index (χ4n) is 4.32. The second kappa shape index (κ2) is 11.9. The lowest BCUT2D eigenvalue weighted by Crippen LogP contribution is -2.47. The molecular formula is C20H39N3O3. The van der Waals surface area contributed by atoms with Crippen molar-refractivity contribution in [1.82, 2.24) is 14.7 Å². The van der Waals surface area contributed by atoms with Gasteiger partial charge in [0.2, 0.25) is 5.91 Å². The number of likely N-dealkylation sites (N-methyl/N-ethyl adjacent to an activating group) is 1. The van der Waals surface area contributed by atoms with Gasteiger partial charge in [-0.1, -0.05) is 6.92 Å². The largest absolute Gasteiger partial charge is 0.384 e. The minimum Gasteiger partial charge on any atom is -0.384 e. The van der Waals surface area contributed by atoms with Crippen molar-refractivity contribution in [3.05, 3.63) is 0 Å². The summed E-state index contributed by atoms with van der Waals surface area (Å²) in [6.45, 7) is 10.9. The van der Waals surface area contributed by atoms with Crippen molar-refractivity contribution in [2.24, 2.45) is 5.92 Å². The van der Waals surface area contributed by atoms with Crippen LogP contribution < -0.4 is 0 Å². The Hall–Kier alpha value is -0.690. The molecule has 6 nitrogen and oxygen atoms in total. The van der Waals surface area contributed by atoms with Gasteiger partial charge in [0.25, 0.3) is 0 Å². The predicted molar refractivity (Wildman–Crippen MR) is 104 cm³/mol. The zero-order chi connectivity index (χ0) is 18.8. The van der Waals surface area contributed by atoms with Crippen LogP contribution in [0.3, 0.4) is 0 Å². The van der Waals surface area contributed by atoms with Gasteiger partial charge in [0.1, 0.15) is 0 Å². The van der Waals surface area contributed by atoms with E-state index in [0.717, 1.165) is 45.9 Å². The molecule has 0 radical (unpaired) electrons. The van der Waals surface area contributed by atoms with Gasteiger partial charge in [-0.05, 0) is 57.8 Å². The molecule has 0 N–H and O–H groups in total. The van der Waals surface area contributed by atoms with Crippen molar-refractivity contribution in [3.8, 4) is 0 Å². The molecule has 2 rings (SSSR count). The van der Waals surface area contributed by atoms with Gasteiger partial charge in [0.05, 0.1) is 19.6 Å². The number of hydrogen-bond donors (Lipinski definition) is 0. The summed E-state index contributed by atoms with van der Waals surface area (Å²) in [6, 6.07) is 0.535. The van der Waals surface area contributed by atoms with Crippen LogP contribution in [0.25, 0.3) is 0 Å². The topological polar surface area (TPSA) is 45.2 Å². The molecule has 152 valence electrons. The zero-order valence-electron chi connectivity index (χ0n) is 17.1. The molecule has 0 aliphatic carbocycles. The van der Waals surface area contributed by atoms with Gasteiger partial charge >= 0.3 is 0 Å². The lowest BCUT2D eigenvalue weighted by Gasteiger charge is -2.36. The van der Waals surface area contributed by atoms with Crippen molar-refractivity contribution >= 4 is 5.91 Å². The summed E-state index contributed by atoms with van der Waals surface area (Å²) in [6.07, 6.45) is 5.34. The molecular weight excluding hydrogens is 330 g/mol. The molecule has 0 bridgehead atoms. The van der Waals surface area contributed by atoms with E-state index in [4.69, 9.17) is 9.47 Å². The number of ether oxygens (including phenoxy) is 2. The normalized spacial score (nSPS) is 22.8. The summed E-state index contributed by atoms with van der Waals surface area (Å²) < 4.78 is 10.3. The van der Waals surface area contributed by atoms with E-state index in [1.165, 1.54) is 32.2 Å². The van der Waals surface area contributed by atoms with Crippen LogP contribution in [0.4, 0.5) is 0 Å². The minimum atomic E-state index is 0.261. The number of carbonyl (C=O) groups excluding carboxylic acids is 1. The summed E-state index contributed by atoms with van der Waals surface area (Å²) in [7, 11) is 3.43. The lowest BCUT2D eigenvalue weighted by molar-refractivity contribution is -0.133. The first kappa shape index (κ1) is 21.6. The smallest absolute Gasteiger partial charge is 0.224 e. The van der Waals surface area contributed by atoms with Crippen molar-refractivity contribution in [2.45, 2.75) is 45.1 Å². The quantitative estimate of drug-likeness (QED) is 0.555. The number of likely N-dealkylation sites (tertiary alicyclic amines) is 2. The molecule has 26 heavy (non-hydrogen) atoms.